The van der Waals surface area contributed by atoms with Crippen LogP contribution in [-0.4, -0.2) is 31.4 Å². The number of aryl methyl sites for hydroxylation is 1. The number of guanidine groups is 1. The summed E-state index contributed by atoms with van der Waals surface area (Å²) in [5.74, 6) is -1.73. The average molecular weight is 533 g/mol. The Hall–Kier alpha value is -4.65. The van der Waals surface area contributed by atoms with Crippen LogP contribution >= 0.6 is 0 Å². The minimum absolute atomic E-state index is 0.0548. The summed E-state index contributed by atoms with van der Waals surface area (Å²) in [5, 5.41) is 4.70. The van der Waals surface area contributed by atoms with E-state index in [9.17, 15) is 27.2 Å². The smallest absolute Gasteiger partial charge is 0.416 e. The van der Waals surface area contributed by atoms with E-state index in [1.54, 1.807) is 0 Å². The molecule has 0 spiro atoms. The minimum atomic E-state index is -4.71. The van der Waals surface area contributed by atoms with Crippen molar-refractivity contribution in [2.45, 2.75) is 13.1 Å². The lowest BCUT2D eigenvalue weighted by Crippen LogP contribution is -2.29. The number of nitrogens with zero attached hydrogens (tertiary/aromatic N) is 1. The summed E-state index contributed by atoms with van der Waals surface area (Å²) in [6.07, 6.45) is -4.41. The van der Waals surface area contributed by atoms with Crippen LogP contribution in [-0.2, 0) is 11.0 Å². The molecule has 6 N–H and O–H groups in total. The number of halogens is 4. The van der Waals surface area contributed by atoms with Crippen molar-refractivity contribution in [3.63, 3.8) is 0 Å². The number of hydrogen-bond donors (Lipinski definition) is 4. The van der Waals surface area contributed by atoms with E-state index in [1.165, 1.54) is 31.2 Å². The zero-order chi connectivity index (χ0) is 27.9. The van der Waals surface area contributed by atoms with Gasteiger partial charge in [0.1, 0.15) is 29.7 Å². The molecule has 9 nitrogen and oxygen atoms in total. The molecule has 0 fully saturated rings. The first-order valence-electron chi connectivity index (χ1n) is 11.0. The van der Waals surface area contributed by atoms with Crippen LogP contribution in [0.25, 0.3) is 0 Å². The fourth-order valence-electron chi connectivity index (χ4n) is 3.20. The first-order chi connectivity index (χ1) is 18.0. The summed E-state index contributed by atoms with van der Waals surface area (Å²) in [5.41, 5.74) is 10.3. The van der Waals surface area contributed by atoms with E-state index in [1.807, 2.05) is 0 Å². The highest BCUT2D eigenvalue weighted by Gasteiger charge is 2.32. The third kappa shape index (κ3) is 7.20. The molecular weight excluding hydrogens is 510 g/mol. The molecule has 38 heavy (non-hydrogen) atoms. The van der Waals surface area contributed by atoms with Crippen LogP contribution in [0, 0.1) is 12.7 Å². The standard InChI is InChI=1S/C25H23F4N5O4/c1-14-10-16(26)3-7-21(14)38-22-11-15(25(27,28)29)2-5-18(22)23(36)33-19-6-4-17(37-9-8-30)12-20(19)34-24(31)32-13-35/h2-7,10-13H,8-9,30H2,1H3,(H,33,36)(H3,31,32,34,35). The van der Waals surface area contributed by atoms with E-state index in [-0.39, 0.29) is 41.8 Å². The summed E-state index contributed by atoms with van der Waals surface area (Å²) >= 11 is 0. The fraction of sp³-hybridized carbons (Fsp3) is 0.160. The van der Waals surface area contributed by atoms with Crippen LogP contribution in [0.2, 0.25) is 0 Å². The monoisotopic (exact) mass is 533 g/mol. The van der Waals surface area contributed by atoms with Gasteiger partial charge in [0.2, 0.25) is 6.41 Å². The summed E-state index contributed by atoms with van der Waals surface area (Å²) in [4.78, 5) is 27.9. The van der Waals surface area contributed by atoms with Gasteiger partial charge < -0.3 is 26.3 Å². The normalized spacial score (nSPS) is 11.6. The maximum atomic E-state index is 13.5. The minimum Gasteiger partial charge on any atom is -0.492 e. The SMILES string of the molecule is Cc1cc(F)ccc1Oc1cc(C(F)(F)F)ccc1C(=O)Nc1ccc(OCCN)cc1N=C(N)NC=O. The van der Waals surface area contributed by atoms with Crippen LogP contribution in [0.5, 0.6) is 17.2 Å². The van der Waals surface area contributed by atoms with E-state index in [0.717, 1.165) is 24.3 Å². The molecule has 3 aromatic rings. The Balaban J connectivity index is 2.02. The zero-order valence-electron chi connectivity index (χ0n) is 19.9. The van der Waals surface area contributed by atoms with Crippen molar-refractivity contribution in [1.29, 1.82) is 0 Å². The number of hydrogen-bond acceptors (Lipinski definition) is 6. The number of nitrogens with one attached hydrogen (secondary N) is 2. The Morgan fingerprint density at radius 1 is 1.08 bits per heavy atom. The maximum Gasteiger partial charge on any atom is 0.416 e. The average Bonchev–Trinajstić information content (AvgIpc) is 2.85. The number of nitrogens with two attached hydrogens (primary N) is 2. The first-order valence-corrected chi connectivity index (χ1v) is 11.0. The molecule has 200 valence electrons. The van der Waals surface area contributed by atoms with Gasteiger partial charge in [-0.05, 0) is 61.0 Å². The van der Waals surface area contributed by atoms with Gasteiger partial charge in [0.15, 0.2) is 5.96 Å². The molecular formula is C25H23F4N5O4. The van der Waals surface area contributed by atoms with Gasteiger partial charge in [0.25, 0.3) is 5.91 Å². The number of anilines is 1. The Morgan fingerprint density at radius 2 is 1.84 bits per heavy atom. The summed E-state index contributed by atoms with van der Waals surface area (Å²) in [7, 11) is 0. The second kappa shape index (κ2) is 12.1. The molecule has 3 rings (SSSR count). The maximum absolute atomic E-state index is 13.5. The Kier molecular flexibility index (Phi) is 8.86. The van der Waals surface area contributed by atoms with Crippen LogP contribution < -0.4 is 31.6 Å². The van der Waals surface area contributed by atoms with Crippen LogP contribution in [0.1, 0.15) is 21.5 Å². The van der Waals surface area contributed by atoms with Gasteiger partial charge in [0, 0.05) is 12.6 Å². The number of aliphatic imine (C=N–C) groups is 1. The van der Waals surface area contributed by atoms with E-state index >= 15 is 0 Å². The lowest BCUT2D eigenvalue weighted by Gasteiger charge is -2.16. The number of alkyl halides is 3. The van der Waals surface area contributed by atoms with Gasteiger partial charge in [-0.3, -0.25) is 14.9 Å². The highest BCUT2D eigenvalue weighted by Crippen LogP contribution is 2.37. The molecule has 0 aliphatic heterocycles. The van der Waals surface area contributed by atoms with Crippen molar-refractivity contribution in [2.24, 2.45) is 16.5 Å². The zero-order valence-corrected chi connectivity index (χ0v) is 19.9. The van der Waals surface area contributed by atoms with E-state index in [4.69, 9.17) is 20.9 Å². The van der Waals surface area contributed by atoms with Crippen molar-refractivity contribution >= 4 is 29.7 Å². The topological polar surface area (TPSA) is 141 Å². The molecule has 0 aromatic heterocycles. The van der Waals surface area contributed by atoms with Crippen LogP contribution in [0.15, 0.2) is 59.6 Å². The molecule has 0 unspecified atom stereocenters. The predicted octanol–water partition coefficient (Wildman–Crippen LogP) is 4.23. The number of amides is 2. The molecule has 0 atom stereocenters. The molecule has 0 saturated carbocycles. The number of ether oxygens (including phenoxy) is 2. The van der Waals surface area contributed by atoms with Gasteiger partial charge in [-0.15, -0.1) is 0 Å². The van der Waals surface area contributed by atoms with E-state index in [0.29, 0.717) is 23.8 Å². The number of carbonyl (C=O) groups is 2. The van der Waals surface area contributed by atoms with Crippen molar-refractivity contribution in [1.82, 2.24) is 5.32 Å². The van der Waals surface area contributed by atoms with Crippen LogP contribution in [0.4, 0.5) is 28.9 Å². The Morgan fingerprint density at radius 3 is 2.50 bits per heavy atom. The largest absolute Gasteiger partial charge is 0.492 e. The second-order valence-electron chi connectivity index (χ2n) is 7.75. The molecule has 0 heterocycles. The van der Waals surface area contributed by atoms with Crippen molar-refractivity contribution in [3.8, 4) is 17.2 Å². The fourth-order valence-corrected chi connectivity index (χ4v) is 3.20. The van der Waals surface area contributed by atoms with Gasteiger partial charge in [-0.1, -0.05) is 0 Å². The van der Waals surface area contributed by atoms with Gasteiger partial charge in [-0.25, -0.2) is 9.38 Å². The molecule has 0 bridgehead atoms. The van der Waals surface area contributed by atoms with E-state index < -0.39 is 29.2 Å². The lowest BCUT2D eigenvalue weighted by atomic mass is 10.1. The summed E-state index contributed by atoms with van der Waals surface area (Å²) < 4.78 is 64.8. The predicted molar refractivity (Wildman–Crippen MR) is 132 cm³/mol. The molecule has 3 aromatic carbocycles. The molecule has 2 amide bonds. The van der Waals surface area contributed by atoms with Crippen molar-refractivity contribution in [2.75, 3.05) is 18.5 Å². The molecule has 0 aliphatic carbocycles. The first kappa shape index (κ1) is 27.9. The lowest BCUT2D eigenvalue weighted by molar-refractivity contribution is -0.137. The van der Waals surface area contributed by atoms with E-state index in [2.05, 4.69) is 15.6 Å². The summed E-state index contributed by atoms with van der Waals surface area (Å²) in [6, 6.07) is 10.1. The molecule has 0 saturated heterocycles. The third-order valence-electron chi connectivity index (χ3n) is 4.96. The highest BCUT2D eigenvalue weighted by molar-refractivity contribution is 6.08. The van der Waals surface area contributed by atoms with Gasteiger partial charge >= 0.3 is 6.18 Å². The Bertz CT molecular complexity index is 1360. The number of benzene rings is 3. The quantitative estimate of drug-likeness (QED) is 0.140. The van der Waals surface area contributed by atoms with Gasteiger partial charge in [0.05, 0.1) is 22.5 Å². The van der Waals surface area contributed by atoms with Gasteiger partial charge in [-0.2, -0.15) is 13.2 Å². The second-order valence-corrected chi connectivity index (χ2v) is 7.75. The molecule has 13 heteroatoms. The summed E-state index contributed by atoms with van der Waals surface area (Å²) in [6.45, 7) is 1.92. The van der Waals surface area contributed by atoms with Crippen molar-refractivity contribution in [3.05, 3.63) is 77.1 Å². The highest BCUT2D eigenvalue weighted by atomic mass is 19.4. The number of rotatable bonds is 9. The van der Waals surface area contributed by atoms with Crippen molar-refractivity contribution < 1.29 is 36.6 Å². The molecule has 0 aliphatic rings. The Labute approximate surface area is 214 Å². The third-order valence-corrected chi connectivity index (χ3v) is 4.96. The van der Waals surface area contributed by atoms with Crippen LogP contribution in [0.3, 0.4) is 0 Å². The molecule has 0 radical (unpaired) electrons. The number of carbonyl (C=O) groups excluding carboxylic acids is 2.